The Morgan fingerprint density at radius 1 is 1.22 bits per heavy atom. The lowest BCUT2D eigenvalue weighted by atomic mass is 9.80. The van der Waals surface area contributed by atoms with Crippen molar-refractivity contribution in [2.45, 2.75) is 46.0 Å². The molecule has 0 radical (unpaired) electrons. The Hall–Kier alpha value is -0.570. The van der Waals surface area contributed by atoms with E-state index in [2.05, 4.69) is 24.5 Å². The van der Waals surface area contributed by atoms with Gasteiger partial charge in [0, 0.05) is 12.5 Å². The van der Waals surface area contributed by atoms with Crippen molar-refractivity contribution in [2.75, 3.05) is 19.6 Å². The summed E-state index contributed by atoms with van der Waals surface area (Å²) in [5.41, 5.74) is 0. The lowest BCUT2D eigenvalue weighted by molar-refractivity contribution is -0.126. The van der Waals surface area contributed by atoms with Crippen molar-refractivity contribution in [1.29, 1.82) is 0 Å². The van der Waals surface area contributed by atoms with E-state index in [-0.39, 0.29) is 11.8 Å². The van der Waals surface area contributed by atoms with Crippen LogP contribution in [0.5, 0.6) is 0 Å². The molecule has 104 valence electrons. The fourth-order valence-electron chi connectivity index (χ4n) is 3.13. The first-order valence-corrected chi connectivity index (χ1v) is 7.69. The zero-order valence-electron chi connectivity index (χ0n) is 11.9. The van der Waals surface area contributed by atoms with Gasteiger partial charge in [0.25, 0.3) is 0 Å². The van der Waals surface area contributed by atoms with Gasteiger partial charge in [-0.2, -0.15) is 0 Å². The summed E-state index contributed by atoms with van der Waals surface area (Å²) >= 11 is 0. The van der Waals surface area contributed by atoms with Gasteiger partial charge in [-0.1, -0.05) is 33.1 Å². The quantitative estimate of drug-likeness (QED) is 0.787. The summed E-state index contributed by atoms with van der Waals surface area (Å²) in [6.45, 7) is 7.28. The molecule has 1 saturated heterocycles. The molecule has 1 aliphatic carbocycles. The molecular formula is C15H28N2O. The number of carbonyl (C=O) groups is 1. The molecule has 0 aromatic carbocycles. The third kappa shape index (κ3) is 3.47. The van der Waals surface area contributed by atoms with E-state index < -0.39 is 0 Å². The van der Waals surface area contributed by atoms with Gasteiger partial charge in [0.2, 0.25) is 5.91 Å². The minimum atomic E-state index is 0.179. The third-order valence-electron chi connectivity index (χ3n) is 5.04. The van der Waals surface area contributed by atoms with Gasteiger partial charge in [0.1, 0.15) is 0 Å². The number of carbonyl (C=O) groups excluding carboxylic acids is 1. The topological polar surface area (TPSA) is 41.1 Å². The summed E-state index contributed by atoms with van der Waals surface area (Å²) in [5, 5.41) is 6.40. The first-order valence-electron chi connectivity index (χ1n) is 7.69. The molecule has 3 nitrogen and oxygen atoms in total. The largest absolute Gasteiger partial charge is 0.356 e. The van der Waals surface area contributed by atoms with Crippen LogP contribution >= 0.6 is 0 Å². The van der Waals surface area contributed by atoms with Gasteiger partial charge in [-0.15, -0.1) is 0 Å². The fraction of sp³-hybridized carbons (Fsp3) is 0.933. The number of nitrogens with one attached hydrogen (secondary N) is 2. The van der Waals surface area contributed by atoms with Crippen LogP contribution in [-0.4, -0.2) is 25.5 Å². The van der Waals surface area contributed by atoms with E-state index in [1.807, 2.05) is 0 Å². The van der Waals surface area contributed by atoms with Crippen LogP contribution in [-0.2, 0) is 4.79 Å². The number of hydrogen-bond acceptors (Lipinski definition) is 2. The molecule has 1 amide bonds. The highest BCUT2D eigenvalue weighted by Crippen LogP contribution is 2.30. The molecular weight excluding hydrogens is 224 g/mol. The molecule has 2 fully saturated rings. The Morgan fingerprint density at radius 3 is 2.33 bits per heavy atom. The fourth-order valence-corrected chi connectivity index (χ4v) is 3.13. The number of rotatable bonds is 5. The summed E-state index contributed by atoms with van der Waals surface area (Å²) in [6.07, 6.45) is 6.65. The third-order valence-corrected chi connectivity index (χ3v) is 5.04. The van der Waals surface area contributed by atoms with Gasteiger partial charge in [-0.25, -0.2) is 0 Å². The van der Waals surface area contributed by atoms with Crippen molar-refractivity contribution in [2.24, 2.45) is 23.7 Å². The predicted molar refractivity (Wildman–Crippen MR) is 74.3 cm³/mol. The van der Waals surface area contributed by atoms with Crippen LogP contribution in [0.1, 0.15) is 46.0 Å². The van der Waals surface area contributed by atoms with Crippen LogP contribution < -0.4 is 10.6 Å². The summed E-state index contributed by atoms with van der Waals surface area (Å²) in [4.78, 5) is 12.0. The van der Waals surface area contributed by atoms with E-state index in [4.69, 9.17) is 0 Å². The monoisotopic (exact) mass is 252 g/mol. The second kappa shape index (κ2) is 6.55. The second-order valence-electron chi connectivity index (χ2n) is 6.25. The van der Waals surface area contributed by atoms with Crippen molar-refractivity contribution >= 4 is 5.91 Å². The smallest absolute Gasteiger partial charge is 0.223 e. The summed E-state index contributed by atoms with van der Waals surface area (Å²) in [6, 6.07) is 0. The van der Waals surface area contributed by atoms with Crippen molar-refractivity contribution < 1.29 is 4.79 Å². The number of hydrogen-bond donors (Lipinski definition) is 2. The van der Waals surface area contributed by atoms with Gasteiger partial charge in [0.05, 0.1) is 0 Å². The molecule has 3 heteroatoms. The Kier molecular flexibility index (Phi) is 5.04. The van der Waals surface area contributed by atoms with E-state index in [9.17, 15) is 4.79 Å². The molecule has 2 rings (SSSR count). The van der Waals surface area contributed by atoms with Crippen molar-refractivity contribution in [1.82, 2.24) is 10.6 Å². The van der Waals surface area contributed by atoms with Gasteiger partial charge >= 0.3 is 0 Å². The molecule has 1 unspecified atom stereocenters. The SMILES string of the molecule is CCC1CCC(CNC(=O)C(C)C2CNC2)CC1. The molecule has 18 heavy (non-hydrogen) atoms. The van der Waals surface area contributed by atoms with E-state index in [1.54, 1.807) is 0 Å². The van der Waals surface area contributed by atoms with Gasteiger partial charge in [0.15, 0.2) is 0 Å². The van der Waals surface area contributed by atoms with Crippen LogP contribution in [0, 0.1) is 23.7 Å². The Bertz CT molecular complexity index is 268. The molecule has 2 N–H and O–H groups in total. The predicted octanol–water partition coefficient (Wildman–Crippen LogP) is 2.17. The summed E-state index contributed by atoms with van der Waals surface area (Å²) in [7, 11) is 0. The van der Waals surface area contributed by atoms with Crippen LogP contribution in [0.4, 0.5) is 0 Å². The highest BCUT2D eigenvalue weighted by atomic mass is 16.1. The summed E-state index contributed by atoms with van der Waals surface area (Å²) < 4.78 is 0. The zero-order valence-corrected chi connectivity index (χ0v) is 11.9. The maximum absolute atomic E-state index is 12.0. The maximum atomic E-state index is 12.0. The molecule has 1 saturated carbocycles. The minimum Gasteiger partial charge on any atom is -0.356 e. The van der Waals surface area contributed by atoms with Crippen LogP contribution in [0.2, 0.25) is 0 Å². The van der Waals surface area contributed by atoms with Gasteiger partial charge in [-0.3, -0.25) is 4.79 Å². The minimum absolute atomic E-state index is 0.179. The first-order chi connectivity index (χ1) is 8.70. The van der Waals surface area contributed by atoms with Crippen LogP contribution in [0.15, 0.2) is 0 Å². The standard InChI is InChI=1S/C15H28N2O/c1-3-12-4-6-13(7-5-12)8-17-15(18)11(2)14-9-16-10-14/h11-14,16H,3-10H2,1-2H3,(H,17,18). The average Bonchev–Trinajstić information content (AvgIpc) is 2.34. The van der Waals surface area contributed by atoms with Crippen LogP contribution in [0.3, 0.4) is 0 Å². The molecule has 2 aliphatic rings. The lowest BCUT2D eigenvalue weighted by Gasteiger charge is -2.32. The molecule has 0 spiro atoms. The molecule has 1 heterocycles. The molecule has 1 aliphatic heterocycles. The van der Waals surface area contributed by atoms with Crippen molar-refractivity contribution in [3.63, 3.8) is 0 Å². The Morgan fingerprint density at radius 2 is 1.83 bits per heavy atom. The lowest BCUT2D eigenvalue weighted by Crippen LogP contribution is -2.50. The van der Waals surface area contributed by atoms with Crippen LogP contribution in [0.25, 0.3) is 0 Å². The highest BCUT2D eigenvalue weighted by Gasteiger charge is 2.29. The number of amides is 1. The highest BCUT2D eigenvalue weighted by molar-refractivity contribution is 5.78. The Balaban J connectivity index is 1.63. The van der Waals surface area contributed by atoms with Gasteiger partial charge < -0.3 is 10.6 Å². The van der Waals surface area contributed by atoms with E-state index in [0.717, 1.165) is 31.5 Å². The molecule has 0 bridgehead atoms. The van der Waals surface area contributed by atoms with E-state index >= 15 is 0 Å². The molecule has 0 aromatic heterocycles. The van der Waals surface area contributed by atoms with Crippen molar-refractivity contribution in [3.05, 3.63) is 0 Å². The van der Waals surface area contributed by atoms with Crippen molar-refractivity contribution in [3.8, 4) is 0 Å². The first kappa shape index (κ1) is 13.9. The second-order valence-corrected chi connectivity index (χ2v) is 6.25. The Labute approximate surface area is 111 Å². The van der Waals surface area contributed by atoms with Gasteiger partial charge in [-0.05, 0) is 43.7 Å². The molecule has 1 atom stereocenters. The molecule has 0 aromatic rings. The van der Waals surface area contributed by atoms with E-state index in [0.29, 0.717) is 5.92 Å². The zero-order chi connectivity index (χ0) is 13.0. The normalized spacial score (nSPS) is 30.6. The van der Waals surface area contributed by atoms with E-state index in [1.165, 1.54) is 32.1 Å². The summed E-state index contributed by atoms with van der Waals surface area (Å²) in [5.74, 6) is 2.67. The average molecular weight is 252 g/mol. The maximum Gasteiger partial charge on any atom is 0.223 e.